The zero-order valence-electron chi connectivity index (χ0n) is 15.7. The van der Waals surface area contributed by atoms with Gasteiger partial charge in [0, 0.05) is 6.08 Å². The van der Waals surface area contributed by atoms with Crippen molar-refractivity contribution in [3.8, 4) is 0 Å². The molecule has 0 aliphatic heterocycles. The van der Waals surface area contributed by atoms with Crippen LogP contribution in [0.15, 0.2) is 18.2 Å². The summed E-state index contributed by atoms with van der Waals surface area (Å²) < 4.78 is 0. The summed E-state index contributed by atoms with van der Waals surface area (Å²) in [5, 5.41) is 0. The highest BCUT2D eigenvalue weighted by Crippen LogP contribution is 2.13. The van der Waals surface area contributed by atoms with Crippen molar-refractivity contribution in [1.82, 2.24) is 0 Å². The molecule has 0 aliphatic carbocycles. The van der Waals surface area contributed by atoms with E-state index in [1.54, 1.807) is 5.94 Å². The molecule has 0 N–H and O–H groups in total. The average Bonchev–Trinajstić information content (AvgIpc) is 2.57. The van der Waals surface area contributed by atoms with E-state index < -0.39 is 0 Å². The van der Waals surface area contributed by atoms with E-state index in [4.69, 9.17) is 0 Å². The number of carbonyl (C=O) groups excluding carboxylic acids is 1. The number of hydrogen-bond acceptors (Lipinski definition) is 1. The summed E-state index contributed by atoms with van der Waals surface area (Å²) in [5.41, 5.74) is 0. The number of hydrogen-bond donors (Lipinski definition) is 0. The zero-order chi connectivity index (χ0) is 16.8. The zero-order valence-corrected chi connectivity index (χ0v) is 15.7. The number of unbranched alkanes of at least 4 members (excludes halogenated alkanes) is 15. The van der Waals surface area contributed by atoms with E-state index in [0.717, 1.165) is 12.8 Å². The van der Waals surface area contributed by atoms with Crippen molar-refractivity contribution < 1.29 is 4.79 Å². The molecule has 0 aliphatic rings. The SMILES string of the molecule is CCCCCCCCCCCCCCCCC/C=C/CC=C=O. The van der Waals surface area contributed by atoms with Gasteiger partial charge in [0.2, 0.25) is 0 Å². The van der Waals surface area contributed by atoms with Crippen LogP contribution in [0.2, 0.25) is 0 Å². The van der Waals surface area contributed by atoms with Crippen LogP contribution in [0, 0.1) is 0 Å². The van der Waals surface area contributed by atoms with E-state index in [2.05, 4.69) is 19.1 Å². The summed E-state index contributed by atoms with van der Waals surface area (Å²) in [6, 6.07) is 0. The van der Waals surface area contributed by atoms with Gasteiger partial charge in [-0.25, -0.2) is 4.79 Å². The molecule has 0 unspecified atom stereocenters. The summed E-state index contributed by atoms with van der Waals surface area (Å²) in [5.74, 6) is 1.80. The molecule has 0 atom stereocenters. The summed E-state index contributed by atoms with van der Waals surface area (Å²) in [7, 11) is 0. The van der Waals surface area contributed by atoms with Crippen LogP contribution < -0.4 is 0 Å². The fourth-order valence-electron chi connectivity index (χ4n) is 2.96. The van der Waals surface area contributed by atoms with Crippen molar-refractivity contribution in [3.05, 3.63) is 18.2 Å². The molecule has 0 heterocycles. The van der Waals surface area contributed by atoms with Crippen LogP contribution in [0.4, 0.5) is 0 Å². The first-order valence-electron chi connectivity index (χ1n) is 10.3. The first kappa shape index (κ1) is 22.2. The predicted octanol–water partition coefficient (Wildman–Crippen LogP) is 7.58. The summed E-state index contributed by atoms with van der Waals surface area (Å²) >= 11 is 0. The Morgan fingerprint density at radius 1 is 0.609 bits per heavy atom. The second-order valence-electron chi connectivity index (χ2n) is 6.77. The Morgan fingerprint density at radius 3 is 1.48 bits per heavy atom. The maximum atomic E-state index is 9.97. The van der Waals surface area contributed by atoms with Crippen LogP contribution in [0.1, 0.15) is 116 Å². The molecule has 0 fully saturated rings. The van der Waals surface area contributed by atoms with E-state index >= 15 is 0 Å². The van der Waals surface area contributed by atoms with Crippen molar-refractivity contribution in [2.75, 3.05) is 0 Å². The highest BCUT2D eigenvalue weighted by molar-refractivity contribution is 5.45. The summed E-state index contributed by atoms with van der Waals surface area (Å²) in [4.78, 5) is 9.97. The normalized spacial score (nSPS) is 11.0. The fraction of sp³-hybridized carbons (Fsp3) is 0.818. The lowest BCUT2D eigenvalue weighted by molar-refractivity contribution is 0.533. The van der Waals surface area contributed by atoms with E-state index in [0.29, 0.717) is 0 Å². The molecule has 0 amide bonds. The number of allylic oxidation sites excluding steroid dienone is 3. The first-order valence-corrected chi connectivity index (χ1v) is 10.3. The van der Waals surface area contributed by atoms with Gasteiger partial charge in [0.15, 0.2) is 0 Å². The van der Waals surface area contributed by atoms with Gasteiger partial charge >= 0.3 is 0 Å². The third kappa shape index (κ3) is 21.2. The maximum absolute atomic E-state index is 9.97. The molecule has 0 bridgehead atoms. The monoisotopic (exact) mass is 320 g/mol. The van der Waals surface area contributed by atoms with Crippen LogP contribution >= 0.6 is 0 Å². The molecule has 0 aromatic rings. The lowest BCUT2D eigenvalue weighted by Crippen LogP contribution is -1.83. The minimum atomic E-state index is 0.738. The van der Waals surface area contributed by atoms with E-state index in [-0.39, 0.29) is 0 Å². The van der Waals surface area contributed by atoms with Gasteiger partial charge in [-0.1, -0.05) is 109 Å². The fourth-order valence-corrected chi connectivity index (χ4v) is 2.96. The Kier molecular flexibility index (Phi) is 20.4. The Balaban J connectivity index is 3.02. The minimum absolute atomic E-state index is 0.738. The van der Waals surface area contributed by atoms with E-state index in [1.807, 2.05) is 0 Å². The Hall–Kier alpha value is -0.810. The molecule has 0 saturated heterocycles. The summed E-state index contributed by atoms with van der Waals surface area (Å²) in [6.07, 6.45) is 28.9. The standard InChI is InChI=1S/C22H40O/c1-2-3-4-5-6-7-8-9-10-11-12-13-14-15-16-17-18-19-20-21-22-23/h18-19,21H,2-17,20H2,1H3/b19-18+. The Labute approximate surface area is 145 Å². The predicted molar refractivity (Wildman–Crippen MR) is 104 cm³/mol. The lowest BCUT2D eigenvalue weighted by atomic mass is 10.0. The molecule has 0 rings (SSSR count). The quantitative estimate of drug-likeness (QED) is 0.144. The molecule has 0 saturated carbocycles. The van der Waals surface area contributed by atoms with Gasteiger partial charge in [-0.3, -0.25) is 0 Å². The van der Waals surface area contributed by atoms with Gasteiger partial charge < -0.3 is 0 Å². The molecular formula is C22H40O. The van der Waals surface area contributed by atoms with Crippen LogP contribution in [-0.2, 0) is 4.79 Å². The van der Waals surface area contributed by atoms with Gasteiger partial charge in [-0.05, 0) is 19.3 Å². The molecule has 0 spiro atoms. The minimum Gasteiger partial charge on any atom is -0.234 e. The van der Waals surface area contributed by atoms with Gasteiger partial charge in [-0.2, -0.15) is 0 Å². The van der Waals surface area contributed by atoms with Crippen LogP contribution in [0.5, 0.6) is 0 Å². The van der Waals surface area contributed by atoms with E-state index in [9.17, 15) is 4.79 Å². The largest absolute Gasteiger partial charge is 0.234 e. The molecule has 1 nitrogen and oxygen atoms in total. The van der Waals surface area contributed by atoms with E-state index in [1.165, 1.54) is 102 Å². The molecule has 134 valence electrons. The maximum Gasteiger partial charge on any atom is 0.120 e. The molecular weight excluding hydrogens is 280 g/mol. The topological polar surface area (TPSA) is 17.1 Å². The van der Waals surface area contributed by atoms with Crippen LogP contribution in [-0.4, -0.2) is 5.94 Å². The Morgan fingerprint density at radius 2 is 1.04 bits per heavy atom. The van der Waals surface area contributed by atoms with Crippen LogP contribution in [0.3, 0.4) is 0 Å². The Bertz CT molecular complexity index is 286. The molecule has 0 radical (unpaired) electrons. The van der Waals surface area contributed by atoms with Crippen molar-refractivity contribution in [3.63, 3.8) is 0 Å². The van der Waals surface area contributed by atoms with Crippen LogP contribution in [0.25, 0.3) is 0 Å². The molecule has 23 heavy (non-hydrogen) atoms. The highest BCUT2D eigenvalue weighted by Gasteiger charge is 1.94. The van der Waals surface area contributed by atoms with Gasteiger partial charge in [0.1, 0.15) is 5.94 Å². The first-order chi connectivity index (χ1) is 11.4. The van der Waals surface area contributed by atoms with Gasteiger partial charge in [0.05, 0.1) is 0 Å². The summed E-state index contributed by atoms with van der Waals surface area (Å²) in [6.45, 7) is 2.28. The average molecular weight is 321 g/mol. The third-order valence-corrected chi connectivity index (χ3v) is 4.48. The van der Waals surface area contributed by atoms with Crippen molar-refractivity contribution in [2.45, 2.75) is 116 Å². The third-order valence-electron chi connectivity index (χ3n) is 4.48. The second-order valence-corrected chi connectivity index (χ2v) is 6.77. The van der Waals surface area contributed by atoms with Crippen molar-refractivity contribution >= 4 is 5.94 Å². The van der Waals surface area contributed by atoms with Crippen molar-refractivity contribution in [1.29, 1.82) is 0 Å². The smallest absolute Gasteiger partial charge is 0.120 e. The van der Waals surface area contributed by atoms with Crippen molar-refractivity contribution in [2.24, 2.45) is 0 Å². The van der Waals surface area contributed by atoms with Gasteiger partial charge in [-0.15, -0.1) is 0 Å². The molecule has 0 aromatic heterocycles. The molecule has 1 heteroatoms. The lowest BCUT2D eigenvalue weighted by Gasteiger charge is -2.03. The second kappa shape index (κ2) is 21.2. The molecule has 0 aromatic carbocycles. The van der Waals surface area contributed by atoms with Gasteiger partial charge in [0.25, 0.3) is 0 Å². The number of rotatable bonds is 18. The highest BCUT2D eigenvalue weighted by atomic mass is 16.1.